The van der Waals surface area contributed by atoms with Crippen molar-refractivity contribution in [2.45, 2.75) is 64.3 Å². The first-order chi connectivity index (χ1) is 8.77. The van der Waals surface area contributed by atoms with Crippen molar-refractivity contribution in [3.05, 3.63) is 0 Å². The molecule has 0 spiro atoms. The van der Waals surface area contributed by atoms with Crippen molar-refractivity contribution >= 4 is 5.91 Å². The molecule has 100 valence electrons. The minimum absolute atomic E-state index is 0.105. The highest BCUT2D eigenvalue weighted by Crippen LogP contribution is 2.36. The Morgan fingerprint density at radius 1 is 1.33 bits per heavy atom. The largest absolute Gasteiger partial charge is 0.338 e. The second kappa shape index (κ2) is 6.22. The summed E-state index contributed by atoms with van der Waals surface area (Å²) in [5.74, 6) is 0.406. The van der Waals surface area contributed by atoms with Crippen LogP contribution in [0.15, 0.2) is 0 Å². The van der Waals surface area contributed by atoms with Gasteiger partial charge in [-0.2, -0.15) is 5.26 Å². The summed E-state index contributed by atoms with van der Waals surface area (Å²) in [7, 11) is 0. The van der Waals surface area contributed by atoms with Gasteiger partial charge in [-0.15, -0.1) is 0 Å². The van der Waals surface area contributed by atoms with E-state index in [1.807, 2.05) is 11.8 Å². The molecule has 3 nitrogen and oxygen atoms in total. The van der Waals surface area contributed by atoms with Crippen LogP contribution in [0.25, 0.3) is 0 Å². The Morgan fingerprint density at radius 3 is 2.67 bits per heavy atom. The van der Waals surface area contributed by atoms with E-state index in [4.69, 9.17) is 5.26 Å². The van der Waals surface area contributed by atoms with Gasteiger partial charge in [-0.3, -0.25) is 4.79 Å². The van der Waals surface area contributed by atoms with Crippen molar-refractivity contribution in [1.29, 1.82) is 5.26 Å². The summed E-state index contributed by atoms with van der Waals surface area (Å²) in [5.41, 5.74) is 0. The maximum Gasteiger partial charge on any atom is 0.240 e. The molecule has 3 heteroatoms. The van der Waals surface area contributed by atoms with Gasteiger partial charge in [-0.05, 0) is 38.0 Å². The third kappa shape index (κ3) is 2.68. The molecule has 0 radical (unpaired) electrons. The van der Waals surface area contributed by atoms with Crippen LogP contribution < -0.4 is 0 Å². The van der Waals surface area contributed by atoms with Gasteiger partial charge in [-0.1, -0.05) is 26.2 Å². The standard InChI is InChI=1S/C15H24N2O/c1-2-6-13(11-16)15(18)17-10-5-9-14(17)12-7-3-4-8-12/h12-14H,2-10H2,1H3. The first-order valence-corrected chi connectivity index (χ1v) is 7.48. The second-order valence-corrected chi connectivity index (χ2v) is 5.76. The molecule has 1 aliphatic carbocycles. The molecular weight excluding hydrogens is 224 g/mol. The van der Waals surface area contributed by atoms with E-state index in [1.54, 1.807) is 0 Å². The number of nitriles is 1. The summed E-state index contributed by atoms with van der Waals surface area (Å²) in [6.45, 7) is 2.91. The topological polar surface area (TPSA) is 44.1 Å². The van der Waals surface area contributed by atoms with Crippen molar-refractivity contribution in [2.75, 3.05) is 6.54 Å². The van der Waals surface area contributed by atoms with Crippen LogP contribution in [0.2, 0.25) is 0 Å². The van der Waals surface area contributed by atoms with Crippen LogP contribution >= 0.6 is 0 Å². The zero-order valence-corrected chi connectivity index (χ0v) is 11.4. The lowest BCUT2D eigenvalue weighted by atomic mass is 9.94. The van der Waals surface area contributed by atoms with Crippen LogP contribution in [0.4, 0.5) is 0 Å². The molecule has 0 N–H and O–H groups in total. The van der Waals surface area contributed by atoms with Crippen LogP contribution in [0.1, 0.15) is 58.3 Å². The van der Waals surface area contributed by atoms with E-state index in [9.17, 15) is 4.79 Å². The molecule has 2 aliphatic rings. The predicted molar refractivity (Wildman–Crippen MR) is 70.7 cm³/mol. The molecule has 0 bridgehead atoms. The number of rotatable bonds is 4. The fraction of sp³-hybridized carbons (Fsp3) is 0.867. The van der Waals surface area contributed by atoms with Crippen LogP contribution in [0.3, 0.4) is 0 Å². The quantitative estimate of drug-likeness (QED) is 0.767. The Kier molecular flexibility index (Phi) is 4.63. The van der Waals surface area contributed by atoms with Crippen molar-refractivity contribution in [3.63, 3.8) is 0 Å². The molecule has 1 saturated heterocycles. The first-order valence-electron chi connectivity index (χ1n) is 7.48. The molecule has 0 aromatic rings. The number of hydrogen-bond acceptors (Lipinski definition) is 2. The lowest BCUT2D eigenvalue weighted by molar-refractivity contribution is -0.135. The van der Waals surface area contributed by atoms with E-state index in [-0.39, 0.29) is 5.91 Å². The molecular formula is C15H24N2O. The van der Waals surface area contributed by atoms with E-state index < -0.39 is 5.92 Å². The van der Waals surface area contributed by atoms with Crippen molar-refractivity contribution < 1.29 is 4.79 Å². The predicted octanol–water partition coefficient (Wildman–Crippen LogP) is 3.11. The molecule has 1 saturated carbocycles. The minimum Gasteiger partial charge on any atom is -0.338 e. The summed E-state index contributed by atoms with van der Waals surface area (Å²) in [4.78, 5) is 14.5. The van der Waals surface area contributed by atoms with Gasteiger partial charge < -0.3 is 4.90 Å². The van der Waals surface area contributed by atoms with E-state index >= 15 is 0 Å². The number of carbonyl (C=O) groups excluding carboxylic acids is 1. The lowest BCUT2D eigenvalue weighted by Gasteiger charge is -2.30. The Morgan fingerprint density at radius 2 is 2.06 bits per heavy atom. The molecule has 1 aliphatic heterocycles. The van der Waals surface area contributed by atoms with Gasteiger partial charge in [0.2, 0.25) is 5.91 Å². The highest BCUT2D eigenvalue weighted by atomic mass is 16.2. The molecule has 18 heavy (non-hydrogen) atoms. The zero-order valence-electron chi connectivity index (χ0n) is 11.4. The highest BCUT2D eigenvalue weighted by molar-refractivity contribution is 5.81. The molecule has 2 rings (SSSR count). The normalized spacial score (nSPS) is 26.2. The number of likely N-dealkylation sites (tertiary alicyclic amines) is 1. The average Bonchev–Trinajstić information content (AvgIpc) is 3.03. The maximum absolute atomic E-state index is 12.4. The number of carbonyl (C=O) groups is 1. The van der Waals surface area contributed by atoms with Crippen LogP contribution in [-0.2, 0) is 4.79 Å². The van der Waals surface area contributed by atoms with Crippen molar-refractivity contribution in [3.8, 4) is 6.07 Å². The SMILES string of the molecule is CCCC(C#N)C(=O)N1CCCC1C1CCCC1. The van der Waals surface area contributed by atoms with Gasteiger partial charge in [0.1, 0.15) is 5.92 Å². The van der Waals surface area contributed by atoms with Gasteiger partial charge in [0, 0.05) is 12.6 Å². The van der Waals surface area contributed by atoms with Gasteiger partial charge in [0.15, 0.2) is 0 Å². The van der Waals surface area contributed by atoms with Gasteiger partial charge >= 0.3 is 0 Å². The monoisotopic (exact) mass is 248 g/mol. The molecule has 2 unspecified atom stereocenters. The second-order valence-electron chi connectivity index (χ2n) is 5.76. The Labute approximate surface area is 110 Å². The highest BCUT2D eigenvalue weighted by Gasteiger charge is 2.37. The van der Waals surface area contributed by atoms with E-state index in [0.717, 1.165) is 25.8 Å². The minimum atomic E-state index is -0.406. The van der Waals surface area contributed by atoms with Crippen LogP contribution in [-0.4, -0.2) is 23.4 Å². The summed E-state index contributed by atoms with van der Waals surface area (Å²) in [5, 5.41) is 9.14. The lowest BCUT2D eigenvalue weighted by Crippen LogP contribution is -2.42. The third-order valence-corrected chi connectivity index (χ3v) is 4.56. The third-order valence-electron chi connectivity index (χ3n) is 4.56. The summed E-state index contributed by atoms with van der Waals surface area (Å²) < 4.78 is 0. The van der Waals surface area contributed by atoms with Gasteiger partial charge in [0.05, 0.1) is 6.07 Å². The fourth-order valence-corrected chi connectivity index (χ4v) is 3.63. The number of hydrogen-bond donors (Lipinski definition) is 0. The molecule has 2 fully saturated rings. The van der Waals surface area contributed by atoms with Crippen molar-refractivity contribution in [1.82, 2.24) is 4.90 Å². The van der Waals surface area contributed by atoms with Gasteiger partial charge in [0.25, 0.3) is 0 Å². The summed E-state index contributed by atoms with van der Waals surface area (Å²) in [6.07, 6.45) is 9.09. The van der Waals surface area contributed by atoms with Crippen molar-refractivity contribution in [2.24, 2.45) is 11.8 Å². The number of nitrogens with zero attached hydrogens (tertiary/aromatic N) is 2. The van der Waals surface area contributed by atoms with Crippen LogP contribution in [0.5, 0.6) is 0 Å². The summed E-state index contributed by atoms with van der Waals surface area (Å²) in [6, 6.07) is 2.64. The van der Waals surface area contributed by atoms with Crippen LogP contribution in [0, 0.1) is 23.2 Å². The summed E-state index contributed by atoms with van der Waals surface area (Å²) >= 11 is 0. The molecule has 0 aromatic carbocycles. The zero-order chi connectivity index (χ0) is 13.0. The number of amides is 1. The Balaban J connectivity index is 2.01. The molecule has 2 atom stereocenters. The fourth-order valence-electron chi connectivity index (χ4n) is 3.63. The Bertz CT molecular complexity index is 328. The van der Waals surface area contributed by atoms with E-state index in [0.29, 0.717) is 18.4 Å². The van der Waals surface area contributed by atoms with E-state index in [1.165, 1.54) is 25.7 Å². The smallest absolute Gasteiger partial charge is 0.240 e. The van der Waals surface area contributed by atoms with Gasteiger partial charge in [-0.25, -0.2) is 0 Å². The maximum atomic E-state index is 12.4. The van der Waals surface area contributed by atoms with E-state index in [2.05, 4.69) is 6.07 Å². The Hall–Kier alpha value is -1.04. The molecule has 1 amide bonds. The first kappa shape index (κ1) is 13.4. The molecule has 0 aromatic heterocycles. The average molecular weight is 248 g/mol. The molecule has 1 heterocycles.